The molecule has 0 spiro atoms. The monoisotopic (exact) mass is 217 g/mol. The van der Waals surface area contributed by atoms with E-state index in [-0.39, 0.29) is 24.7 Å². The van der Waals surface area contributed by atoms with Gasteiger partial charge in [0.25, 0.3) is 0 Å². The Bertz CT molecular complexity index is 209. The van der Waals surface area contributed by atoms with Crippen LogP contribution in [0.1, 0.15) is 34.1 Å². The maximum Gasteiger partial charge on any atom is 0.189 e. The van der Waals surface area contributed by atoms with Crippen LogP contribution in [-0.4, -0.2) is 40.5 Å². The van der Waals surface area contributed by atoms with Crippen molar-refractivity contribution in [3.63, 3.8) is 0 Å². The Labute approximate surface area is 91.4 Å². The first-order valence-corrected chi connectivity index (χ1v) is 5.14. The number of nitrogens with one attached hydrogen (secondary N) is 1. The predicted octanol–water partition coefficient (Wildman–Crippen LogP) is -0.177. The molecule has 5 N–H and O–H groups in total. The summed E-state index contributed by atoms with van der Waals surface area (Å²) < 4.78 is 0. The summed E-state index contributed by atoms with van der Waals surface area (Å²) in [6.45, 7) is 7.29. The number of aliphatic hydroxyl groups is 2. The van der Waals surface area contributed by atoms with Crippen LogP contribution in [0.25, 0.3) is 0 Å². The van der Waals surface area contributed by atoms with Gasteiger partial charge in [0.15, 0.2) is 5.96 Å². The Morgan fingerprint density at radius 3 is 2.00 bits per heavy atom. The van der Waals surface area contributed by atoms with Gasteiger partial charge in [0.2, 0.25) is 0 Å². The first-order valence-electron chi connectivity index (χ1n) is 5.14. The van der Waals surface area contributed by atoms with Gasteiger partial charge >= 0.3 is 0 Å². The van der Waals surface area contributed by atoms with E-state index in [1.54, 1.807) is 0 Å². The molecule has 0 aliphatic carbocycles. The summed E-state index contributed by atoms with van der Waals surface area (Å²) in [5.74, 6) is 0.243. The number of guanidine groups is 1. The quantitative estimate of drug-likeness (QED) is 0.388. The van der Waals surface area contributed by atoms with Crippen molar-refractivity contribution >= 4 is 5.96 Å². The van der Waals surface area contributed by atoms with Gasteiger partial charge < -0.3 is 21.3 Å². The SMILES string of the molecule is CCC(CO)(CO)N=C(N)NC(C)(C)C. The van der Waals surface area contributed by atoms with E-state index in [2.05, 4.69) is 10.3 Å². The molecule has 5 heteroatoms. The van der Waals surface area contributed by atoms with Crippen LogP contribution >= 0.6 is 0 Å². The lowest BCUT2D eigenvalue weighted by atomic mass is 10.00. The van der Waals surface area contributed by atoms with Crippen LogP contribution in [0.5, 0.6) is 0 Å². The van der Waals surface area contributed by atoms with Gasteiger partial charge in [0, 0.05) is 5.54 Å². The minimum absolute atomic E-state index is 0.183. The molecular formula is C10H23N3O2. The van der Waals surface area contributed by atoms with Gasteiger partial charge in [-0.15, -0.1) is 0 Å². The fraction of sp³-hybridized carbons (Fsp3) is 0.900. The number of nitrogens with zero attached hydrogens (tertiary/aromatic N) is 1. The van der Waals surface area contributed by atoms with Crippen molar-refractivity contribution < 1.29 is 10.2 Å². The molecule has 0 radical (unpaired) electrons. The fourth-order valence-electron chi connectivity index (χ4n) is 1.09. The second kappa shape index (κ2) is 5.32. The van der Waals surface area contributed by atoms with Crippen LogP contribution in [0.4, 0.5) is 0 Å². The molecular weight excluding hydrogens is 194 g/mol. The molecule has 0 heterocycles. The molecule has 0 aromatic rings. The number of hydrogen-bond acceptors (Lipinski definition) is 3. The summed E-state index contributed by atoms with van der Waals surface area (Å²) in [6.07, 6.45) is 0.534. The van der Waals surface area contributed by atoms with E-state index in [4.69, 9.17) is 5.73 Å². The van der Waals surface area contributed by atoms with Crippen LogP contribution in [0.2, 0.25) is 0 Å². The molecule has 0 rings (SSSR count). The minimum Gasteiger partial charge on any atom is -0.394 e. The highest BCUT2D eigenvalue weighted by Crippen LogP contribution is 2.14. The molecule has 0 aromatic heterocycles. The molecule has 0 aliphatic heterocycles. The fourth-order valence-corrected chi connectivity index (χ4v) is 1.09. The summed E-state index contributed by atoms with van der Waals surface area (Å²) in [5.41, 5.74) is 4.63. The van der Waals surface area contributed by atoms with Gasteiger partial charge in [0.1, 0.15) is 5.54 Å². The summed E-state index contributed by atoms with van der Waals surface area (Å²) in [6, 6.07) is 0. The van der Waals surface area contributed by atoms with E-state index in [0.29, 0.717) is 6.42 Å². The second-order valence-corrected chi connectivity index (χ2v) is 4.77. The lowest BCUT2D eigenvalue weighted by Gasteiger charge is -2.27. The molecule has 0 amide bonds. The Balaban J connectivity index is 4.69. The molecule has 0 atom stereocenters. The minimum atomic E-state index is -0.873. The van der Waals surface area contributed by atoms with Crippen molar-refractivity contribution in [3.8, 4) is 0 Å². The number of nitrogens with two attached hydrogens (primary N) is 1. The van der Waals surface area contributed by atoms with E-state index in [9.17, 15) is 10.2 Å². The molecule has 90 valence electrons. The normalized spacial score (nSPS) is 14.1. The lowest BCUT2D eigenvalue weighted by molar-refractivity contribution is 0.119. The van der Waals surface area contributed by atoms with Gasteiger partial charge in [-0.2, -0.15) is 0 Å². The van der Waals surface area contributed by atoms with E-state index < -0.39 is 5.54 Å². The average molecular weight is 217 g/mol. The smallest absolute Gasteiger partial charge is 0.189 e. The Hall–Kier alpha value is -0.810. The van der Waals surface area contributed by atoms with Crippen LogP contribution in [0.15, 0.2) is 4.99 Å². The summed E-state index contributed by atoms with van der Waals surface area (Å²) in [5, 5.41) is 21.3. The lowest BCUT2D eigenvalue weighted by Crippen LogP contribution is -2.48. The zero-order valence-electron chi connectivity index (χ0n) is 10.0. The molecule has 5 nitrogen and oxygen atoms in total. The van der Waals surface area contributed by atoms with Crippen molar-refractivity contribution in [2.24, 2.45) is 10.7 Å². The number of aliphatic imine (C=N–C) groups is 1. The Kier molecular flexibility index (Phi) is 5.03. The standard InChI is InChI=1S/C10H23N3O2/c1-5-10(6-14,7-15)13-8(11)12-9(2,3)4/h14-15H,5-7H2,1-4H3,(H3,11,12,13). The van der Waals surface area contributed by atoms with E-state index in [0.717, 1.165) is 0 Å². The highest BCUT2D eigenvalue weighted by atomic mass is 16.3. The van der Waals surface area contributed by atoms with E-state index >= 15 is 0 Å². The second-order valence-electron chi connectivity index (χ2n) is 4.77. The highest BCUT2D eigenvalue weighted by Gasteiger charge is 2.26. The van der Waals surface area contributed by atoms with E-state index in [1.165, 1.54) is 0 Å². The third kappa shape index (κ3) is 4.99. The molecule has 0 bridgehead atoms. The predicted molar refractivity (Wildman–Crippen MR) is 61.7 cm³/mol. The van der Waals surface area contributed by atoms with Crippen LogP contribution in [0.3, 0.4) is 0 Å². The maximum absolute atomic E-state index is 9.17. The van der Waals surface area contributed by atoms with Crippen molar-refractivity contribution in [2.45, 2.75) is 45.2 Å². The van der Waals surface area contributed by atoms with Crippen molar-refractivity contribution in [1.82, 2.24) is 5.32 Å². The Morgan fingerprint density at radius 1 is 1.27 bits per heavy atom. The third-order valence-electron chi connectivity index (χ3n) is 2.11. The molecule has 0 aliphatic rings. The van der Waals surface area contributed by atoms with Crippen molar-refractivity contribution in [2.75, 3.05) is 13.2 Å². The van der Waals surface area contributed by atoms with Gasteiger partial charge in [-0.05, 0) is 27.2 Å². The van der Waals surface area contributed by atoms with Gasteiger partial charge in [-0.3, -0.25) is 0 Å². The van der Waals surface area contributed by atoms with Crippen LogP contribution in [0, 0.1) is 0 Å². The molecule has 0 aromatic carbocycles. The average Bonchev–Trinajstić information content (AvgIpc) is 2.11. The van der Waals surface area contributed by atoms with Crippen molar-refractivity contribution in [3.05, 3.63) is 0 Å². The molecule has 0 fully saturated rings. The zero-order chi connectivity index (χ0) is 12.1. The Morgan fingerprint density at radius 2 is 1.73 bits per heavy atom. The van der Waals surface area contributed by atoms with Gasteiger partial charge in [-0.1, -0.05) is 6.92 Å². The number of aliphatic hydroxyl groups excluding tert-OH is 2. The molecule has 0 saturated carbocycles. The largest absolute Gasteiger partial charge is 0.394 e. The maximum atomic E-state index is 9.17. The first kappa shape index (κ1) is 14.2. The number of rotatable bonds is 4. The van der Waals surface area contributed by atoms with Gasteiger partial charge in [-0.25, -0.2) is 4.99 Å². The topological polar surface area (TPSA) is 90.9 Å². The molecule has 0 unspecified atom stereocenters. The summed E-state index contributed by atoms with van der Waals surface area (Å²) >= 11 is 0. The summed E-state index contributed by atoms with van der Waals surface area (Å²) in [7, 11) is 0. The van der Waals surface area contributed by atoms with Crippen LogP contribution in [-0.2, 0) is 0 Å². The van der Waals surface area contributed by atoms with Gasteiger partial charge in [0.05, 0.1) is 13.2 Å². The highest BCUT2D eigenvalue weighted by molar-refractivity contribution is 5.79. The zero-order valence-corrected chi connectivity index (χ0v) is 10.0. The van der Waals surface area contributed by atoms with Crippen LogP contribution < -0.4 is 11.1 Å². The molecule has 0 saturated heterocycles. The third-order valence-corrected chi connectivity index (χ3v) is 2.11. The number of hydrogen-bond donors (Lipinski definition) is 4. The molecule has 15 heavy (non-hydrogen) atoms. The van der Waals surface area contributed by atoms with Crippen molar-refractivity contribution in [1.29, 1.82) is 0 Å². The summed E-state index contributed by atoms with van der Waals surface area (Å²) in [4.78, 5) is 4.13. The van der Waals surface area contributed by atoms with E-state index in [1.807, 2.05) is 27.7 Å². The first-order chi connectivity index (χ1) is 6.78.